The molecule has 2 aliphatic rings. The molecule has 1 heterocycles. The standard InChI is InChI=1S/C17H33NO3/c1-16(2)14(15(20)17(3,4)21-16)12-18(10-11-19)13-8-6-5-7-9-13/h13-15,19-20H,5-12H2,1-4H3. The second kappa shape index (κ2) is 6.53. The van der Waals surface area contributed by atoms with Gasteiger partial charge in [0.05, 0.1) is 23.9 Å². The van der Waals surface area contributed by atoms with Gasteiger partial charge >= 0.3 is 0 Å². The molecule has 0 aromatic carbocycles. The Morgan fingerprint density at radius 3 is 2.14 bits per heavy atom. The smallest absolute Gasteiger partial charge is 0.0896 e. The Morgan fingerprint density at radius 1 is 1.05 bits per heavy atom. The highest BCUT2D eigenvalue weighted by Gasteiger charge is 2.53. The number of hydrogen-bond donors (Lipinski definition) is 2. The number of hydrogen-bond acceptors (Lipinski definition) is 4. The third-order valence-corrected chi connectivity index (χ3v) is 5.42. The minimum Gasteiger partial charge on any atom is -0.395 e. The second-order valence-electron chi connectivity index (χ2n) is 7.87. The number of nitrogens with zero attached hydrogens (tertiary/aromatic N) is 1. The number of aliphatic hydroxyl groups excluding tert-OH is 2. The number of aliphatic hydroxyl groups is 2. The minimum atomic E-state index is -0.494. The summed E-state index contributed by atoms with van der Waals surface area (Å²) in [5.41, 5.74) is -0.823. The van der Waals surface area contributed by atoms with Crippen LogP contribution in [0.2, 0.25) is 0 Å². The Balaban J connectivity index is 2.08. The molecule has 2 rings (SSSR count). The fraction of sp³-hybridized carbons (Fsp3) is 1.00. The molecule has 2 atom stereocenters. The highest BCUT2D eigenvalue weighted by molar-refractivity contribution is 5.02. The van der Waals surface area contributed by atoms with E-state index in [2.05, 4.69) is 18.7 Å². The summed E-state index contributed by atoms with van der Waals surface area (Å²) in [6.07, 6.45) is 5.87. The third-order valence-electron chi connectivity index (χ3n) is 5.42. The van der Waals surface area contributed by atoms with Crippen LogP contribution in [-0.4, -0.2) is 58.2 Å². The fourth-order valence-electron chi connectivity index (χ4n) is 4.25. The number of rotatable bonds is 5. The van der Waals surface area contributed by atoms with E-state index in [9.17, 15) is 10.2 Å². The quantitative estimate of drug-likeness (QED) is 0.817. The first-order chi connectivity index (χ1) is 9.78. The highest BCUT2D eigenvalue weighted by atomic mass is 16.5. The van der Waals surface area contributed by atoms with Crippen molar-refractivity contribution in [1.82, 2.24) is 4.90 Å². The molecule has 2 unspecified atom stereocenters. The van der Waals surface area contributed by atoms with Crippen LogP contribution in [0, 0.1) is 5.92 Å². The topological polar surface area (TPSA) is 52.9 Å². The van der Waals surface area contributed by atoms with Gasteiger partial charge in [0, 0.05) is 25.0 Å². The summed E-state index contributed by atoms with van der Waals surface area (Å²) >= 11 is 0. The van der Waals surface area contributed by atoms with Gasteiger partial charge in [-0.25, -0.2) is 0 Å². The zero-order valence-corrected chi connectivity index (χ0v) is 14.1. The zero-order chi connectivity index (χ0) is 15.7. The maximum atomic E-state index is 10.7. The second-order valence-corrected chi connectivity index (χ2v) is 7.87. The van der Waals surface area contributed by atoms with E-state index in [1.165, 1.54) is 32.1 Å². The van der Waals surface area contributed by atoms with Crippen LogP contribution < -0.4 is 0 Å². The average molecular weight is 299 g/mol. The van der Waals surface area contributed by atoms with Crippen LogP contribution in [0.25, 0.3) is 0 Å². The van der Waals surface area contributed by atoms with Gasteiger partial charge in [-0.2, -0.15) is 0 Å². The summed E-state index contributed by atoms with van der Waals surface area (Å²) in [5.74, 6) is 0.0842. The molecule has 1 aliphatic carbocycles. The summed E-state index contributed by atoms with van der Waals surface area (Å²) < 4.78 is 6.09. The first-order valence-electron chi connectivity index (χ1n) is 8.51. The molecular weight excluding hydrogens is 266 g/mol. The lowest BCUT2D eigenvalue weighted by Gasteiger charge is -2.38. The van der Waals surface area contributed by atoms with E-state index in [-0.39, 0.29) is 18.1 Å². The van der Waals surface area contributed by atoms with Gasteiger partial charge in [0.1, 0.15) is 0 Å². The van der Waals surface area contributed by atoms with Crippen LogP contribution in [0.3, 0.4) is 0 Å². The van der Waals surface area contributed by atoms with Crippen LogP contribution in [0.15, 0.2) is 0 Å². The van der Waals surface area contributed by atoms with Crippen molar-refractivity contribution in [1.29, 1.82) is 0 Å². The zero-order valence-electron chi connectivity index (χ0n) is 14.1. The Kier molecular flexibility index (Phi) is 5.35. The first kappa shape index (κ1) is 17.2. The van der Waals surface area contributed by atoms with Crippen molar-refractivity contribution in [3.8, 4) is 0 Å². The van der Waals surface area contributed by atoms with E-state index in [1.807, 2.05) is 13.8 Å². The lowest BCUT2D eigenvalue weighted by Crippen LogP contribution is -2.48. The molecule has 0 aromatic rings. The molecule has 0 amide bonds. The predicted molar refractivity (Wildman–Crippen MR) is 84.3 cm³/mol. The van der Waals surface area contributed by atoms with E-state index in [0.717, 1.165) is 6.54 Å². The largest absolute Gasteiger partial charge is 0.395 e. The van der Waals surface area contributed by atoms with Gasteiger partial charge in [-0.15, -0.1) is 0 Å². The summed E-state index contributed by atoms with van der Waals surface area (Å²) in [7, 11) is 0. The van der Waals surface area contributed by atoms with E-state index in [0.29, 0.717) is 12.6 Å². The summed E-state index contributed by atoms with van der Waals surface area (Å²) in [6.45, 7) is 9.78. The van der Waals surface area contributed by atoms with Crippen LogP contribution in [-0.2, 0) is 4.74 Å². The molecule has 0 aromatic heterocycles. The van der Waals surface area contributed by atoms with E-state index in [4.69, 9.17) is 4.74 Å². The minimum absolute atomic E-state index is 0.0842. The average Bonchev–Trinajstić information content (AvgIpc) is 2.57. The summed E-state index contributed by atoms with van der Waals surface area (Å²) in [4.78, 5) is 2.39. The highest BCUT2D eigenvalue weighted by Crippen LogP contribution is 2.43. The van der Waals surface area contributed by atoms with Gasteiger partial charge in [0.25, 0.3) is 0 Å². The van der Waals surface area contributed by atoms with Gasteiger partial charge < -0.3 is 14.9 Å². The molecule has 0 bridgehead atoms. The molecule has 2 fully saturated rings. The maximum absolute atomic E-state index is 10.7. The molecule has 4 heteroatoms. The number of ether oxygens (including phenoxy) is 1. The summed E-state index contributed by atoms with van der Waals surface area (Å²) in [6, 6.07) is 0.553. The normalized spacial score (nSPS) is 32.7. The van der Waals surface area contributed by atoms with E-state index < -0.39 is 11.7 Å². The SMILES string of the molecule is CC1(C)OC(C)(C)C(CN(CCO)C2CCCCC2)C1O. The molecule has 1 saturated carbocycles. The molecule has 0 spiro atoms. The van der Waals surface area contributed by atoms with Crippen molar-refractivity contribution in [2.45, 2.75) is 83.1 Å². The third kappa shape index (κ3) is 3.79. The molecule has 124 valence electrons. The van der Waals surface area contributed by atoms with Crippen molar-refractivity contribution in [3.05, 3.63) is 0 Å². The van der Waals surface area contributed by atoms with Crippen LogP contribution in [0.1, 0.15) is 59.8 Å². The lowest BCUT2D eigenvalue weighted by molar-refractivity contribution is -0.0917. The monoisotopic (exact) mass is 299 g/mol. The Hall–Kier alpha value is -0.160. The molecule has 4 nitrogen and oxygen atoms in total. The van der Waals surface area contributed by atoms with E-state index in [1.54, 1.807) is 0 Å². The van der Waals surface area contributed by atoms with Gasteiger partial charge in [-0.3, -0.25) is 4.90 Å². The first-order valence-corrected chi connectivity index (χ1v) is 8.51. The Bertz CT molecular complexity index is 337. The molecule has 1 saturated heterocycles. The Labute approximate surface area is 129 Å². The van der Waals surface area contributed by atoms with Crippen molar-refractivity contribution < 1.29 is 14.9 Å². The van der Waals surface area contributed by atoms with Crippen molar-refractivity contribution in [2.24, 2.45) is 5.92 Å². The Morgan fingerprint density at radius 2 is 1.67 bits per heavy atom. The van der Waals surface area contributed by atoms with E-state index >= 15 is 0 Å². The van der Waals surface area contributed by atoms with Crippen molar-refractivity contribution in [3.63, 3.8) is 0 Å². The van der Waals surface area contributed by atoms with Gasteiger partial charge in [0.2, 0.25) is 0 Å². The lowest BCUT2D eigenvalue weighted by atomic mass is 9.83. The molecule has 2 N–H and O–H groups in total. The predicted octanol–water partition coefficient (Wildman–Crippen LogP) is 2.18. The van der Waals surface area contributed by atoms with Crippen LogP contribution in [0.5, 0.6) is 0 Å². The molecule has 21 heavy (non-hydrogen) atoms. The van der Waals surface area contributed by atoms with Gasteiger partial charge in [-0.1, -0.05) is 19.3 Å². The van der Waals surface area contributed by atoms with Crippen LogP contribution >= 0.6 is 0 Å². The summed E-state index contributed by atoms with van der Waals surface area (Å²) in [5, 5.41) is 20.1. The maximum Gasteiger partial charge on any atom is 0.0896 e. The van der Waals surface area contributed by atoms with Gasteiger partial charge in [-0.05, 0) is 40.5 Å². The molecular formula is C17H33NO3. The van der Waals surface area contributed by atoms with Gasteiger partial charge in [0.15, 0.2) is 0 Å². The van der Waals surface area contributed by atoms with Crippen LogP contribution in [0.4, 0.5) is 0 Å². The van der Waals surface area contributed by atoms with Crippen molar-refractivity contribution >= 4 is 0 Å². The molecule has 1 aliphatic heterocycles. The van der Waals surface area contributed by atoms with Crippen molar-refractivity contribution in [2.75, 3.05) is 19.7 Å². The molecule has 0 radical (unpaired) electrons. The fourth-order valence-corrected chi connectivity index (χ4v) is 4.25.